The van der Waals surface area contributed by atoms with Crippen molar-refractivity contribution in [2.45, 2.75) is 44.2 Å². The molecule has 0 radical (unpaired) electrons. The standard InChI is InChI=1S/C21H26O5/c1-23-20-12-18(24-14-16-8-4-2-5-9-16)21(19(13-22)26-20)25-15-17-10-6-3-7-11-17/h2-11,18-22H,12-15H2,1H3/t18-,19-,20+,21+/m0/s1. The lowest BCUT2D eigenvalue weighted by Gasteiger charge is -2.40. The molecular formula is C21H26O5. The van der Waals surface area contributed by atoms with Crippen molar-refractivity contribution in [2.24, 2.45) is 0 Å². The van der Waals surface area contributed by atoms with Gasteiger partial charge in [-0.2, -0.15) is 0 Å². The molecule has 1 N–H and O–H groups in total. The fourth-order valence-electron chi connectivity index (χ4n) is 3.11. The number of hydrogen-bond acceptors (Lipinski definition) is 5. The number of aliphatic hydroxyl groups is 1. The summed E-state index contributed by atoms with van der Waals surface area (Å²) in [5.74, 6) is 0. The molecule has 2 aromatic rings. The van der Waals surface area contributed by atoms with Crippen LogP contribution in [0, 0.1) is 0 Å². The second kappa shape index (κ2) is 9.80. The first-order valence-electron chi connectivity index (χ1n) is 8.90. The average Bonchev–Trinajstić information content (AvgIpc) is 2.72. The molecule has 0 bridgehead atoms. The lowest BCUT2D eigenvalue weighted by molar-refractivity contribution is -0.269. The fraction of sp³-hybridized carbons (Fsp3) is 0.429. The summed E-state index contributed by atoms with van der Waals surface area (Å²) in [6.07, 6.45) is -0.938. The highest BCUT2D eigenvalue weighted by molar-refractivity contribution is 5.14. The van der Waals surface area contributed by atoms with Gasteiger partial charge in [0.25, 0.3) is 0 Å². The van der Waals surface area contributed by atoms with Gasteiger partial charge in [0, 0.05) is 13.5 Å². The van der Waals surface area contributed by atoms with Gasteiger partial charge in [0.2, 0.25) is 0 Å². The fourth-order valence-corrected chi connectivity index (χ4v) is 3.11. The SMILES string of the molecule is CO[C@H]1C[C@H](OCc2ccccc2)[C@@H](OCc2ccccc2)[C@H](CO)O1. The highest BCUT2D eigenvalue weighted by Crippen LogP contribution is 2.27. The van der Waals surface area contributed by atoms with Crippen LogP contribution in [0.4, 0.5) is 0 Å². The molecule has 140 valence electrons. The maximum atomic E-state index is 9.76. The topological polar surface area (TPSA) is 57.2 Å². The van der Waals surface area contributed by atoms with Crippen LogP contribution in [0.5, 0.6) is 0 Å². The Kier molecular flexibility index (Phi) is 7.17. The summed E-state index contributed by atoms with van der Waals surface area (Å²) in [4.78, 5) is 0. The smallest absolute Gasteiger partial charge is 0.160 e. The maximum Gasteiger partial charge on any atom is 0.160 e. The first kappa shape index (κ1) is 19.0. The van der Waals surface area contributed by atoms with Crippen molar-refractivity contribution in [3.05, 3.63) is 71.8 Å². The molecule has 0 amide bonds. The van der Waals surface area contributed by atoms with E-state index in [0.29, 0.717) is 19.6 Å². The summed E-state index contributed by atoms with van der Waals surface area (Å²) in [5, 5.41) is 9.76. The van der Waals surface area contributed by atoms with E-state index in [1.165, 1.54) is 0 Å². The third-order valence-electron chi connectivity index (χ3n) is 4.52. The third kappa shape index (κ3) is 5.13. The van der Waals surface area contributed by atoms with Crippen molar-refractivity contribution < 1.29 is 24.1 Å². The van der Waals surface area contributed by atoms with Crippen LogP contribution in [0.1, 0.15) is 17.5 Å². The lowest BCUT2D eigenvalue weighted by Crippen LogP contribution is -2.52. The Labute approximate surface area is 154 Å². The molecule has 0 saturated carbocycles. The van der Waals surface area contributed by atoms with Gasteiger partial charge in [0.05, 0.1) is 25.9 Å². The van der Waals surface area contributed by atoms with Crippen LogP contribution in [-0.2, 0) is 32.2 Å². The molecule has 3 rings (SSSR count). The zero-order valence-electron chi connectivity index (χ0n) is 15.0. The van der Waals surface area contributed by atoms with Crippen LogP contribution in [0.3, 0.4) is 0 Å². The zero-order valence-corrected chi connectivity index (χ0v) is 15.0. The Morgan fingerprint density at radius 2 is 1.50 bits per heavy atom. The minimum absolute atomic E-state index is 0.148. The van der Waals surface area contributed by atoms with E-state index in [2.05, 4.69) is 0 Å². The van der Waals surface area contributed by atoms with Gasteiger partial charge in [-0.05, 0) is 11.1 Å². The van der Waals surface area contributed by atoms with E-state index in [1.54, 1.807) is 7.11 Å². The third-order valence-corrected chi connectivity index (χ3v) is 4.52. The van der Waals surface area contributed by atoms with Crippen LogP contribution in [0.2, 0.25) is 0 Å². The minimum atomic E-state index is -0.488. The van der Waals surface area contributed by atoms with E-state index in [0.717, 1.165) is 11.1 Å². The van der Waals surface area contributed by atoms with E-state index >= 15 is 0 Å². The van der Waals surface area contributed by atoms with E-state index in [1.807, 2.05) is 60.7 Å². The number of aliphatic hydroxyl groups excluding tert-OH is 1. The molecule has 5 heteroatoms. The average molecular weight is 358 g/mol. The normalized spacial score (nSPS) is 25.9. The van der Waals surface area contributed by atoms with Crippen molar-refractivity contribution in [1.82, 2.24) is 0 Å². The number of ether oxygens (including phenoxy) is 4. The molecule has 1 fully saturated rings. The molecule has 1 aliphatic heterocycles. The number of hydrogen-bond donors (Lipinski definition) is 1. The van der Waals surface area contributed by atoms with Crippen molar-refractivity contribution in [3.63, 3.8) is 0 Å². The van der Waals surface area contributed by atoms with Gasteiger partial charge in [-0.25, -0.2) is 0 Å². The Morgan fingerprint density at radius 3 is 2.04 bits per heavy atom. The van der Waals surface area contributed by atoms with Gasteiger partial charge < -0.3 is 24.1 Å². The molecule has 0 aliphatic carbocycles. The lowest BCUT2D eigenvalue weighted by atomic mass is 10.0. The molecule has 1 heterocycles. The predicted molar refractivity (Wildman–Crippen MR) is 97.4 cm³/mol. The molecule has 5 nitrogen and oxygen atoms in total. The van der Waals surface area contributed by atoms with Gasteiger partial charge in [-0.3, -0.25) is 0 Å². The summed E-state index contributed by atoms with van der Waals surface area (Å²) in [6.45, 7) is 0.768. The van der Waals surface area contributed by atoms with E-state index in [-0.39, 0.29) is 18.8 Å². The Balaban J connectivity index is 1.67. The summed E-state index contributed by atoms with van der Waals surface area (Å²) in [5.41, 5.74) is 2.16. The monoisotopic (exact) mass is 358 g/mol. The summed E-state index contributed by atoms with van der Waals surface area (Å²) < 4.78 is 23.4. The molecule has 2 aromatic carbocycles. The number of rotatable bonds is 8. The van der Waals surface area contributed by atoms with Crippen LogP contribution >= 0.6 is 0 Å². The first-order valence-corrected chi connectivity index (χ1v) is 8.90. The van der Waals surface area contributed by atoms with Crippen molar-refractivity contribution in [3.8, 4) is 0 Å². The molecule has 4 atom stereocenters. The van der Waals surface area contributed by atoms with Gasteiger partial charge in [0.15, 0.2) is 6.29 Å². The molecular weight excluding hydrogens is 332 g/mol. The molecule has 0 aromatic heterocycles. The van der Waals surface area contributed by atoms with Crippen LogP contribution in [0.15, 0.2) is 60.7 Å². The molecule has 1 saturated heterocycles. The van der Waals surface area contributed by atoms with E-state index < -0.39 is 12.4 Å². The van der Waals surface area contributed by atoms with E-state index in [9.17, 15) is 5.11 Å². The van der Waals surface area contributed by atoms with Crippen molar-refractivity contribution >= 4 is 0 Å². The number of benzene rings is 2. The largest absolute Gasteiger partial charge is 0.394 e. The highest BCUT2D eigenvalue weighted by atomic mass is 16.7. The summed E-state index contributed by atoms with van der Waals surface area (Å²) >= 11 is 0. The maximum absolute atomic E-state index is 9.76. The molecule has 1 aliphatic rings. The van der Waals surface area contributed by atoms with Crippen molar-refractivity contribution in [2.75, 3.05) is 13.7 Å². The van der Waals surface area contributed by atoms with Gasteiger partial charge in [0.1, 0.15) is 12.2 Å². The predicted octanol–water partition coefficient (Wildman–Crippen LogP) is 2.91. The van der Waals surface area contributed by atoms with Crippen LogP contribution in [0.25, 0.3) is 0 Å². The first-order chi connectivity index (χ1) is 12.8. The Morgan fingerprint density at radius 1 is 0.923 bits per heavy atom. The second-order valence-corrected chi connectivity index (χ2v) is 6.35. The quantitative estimate of drug-likeness (QED) is 0.786. The zero-order chi connectivity index (χ0) is 18.2. The van der Waals surface area contributed by atoms with Crippen LogP contribution in [-0.4, -0.2) is 43.4 Å². The Bertz CT molecular complexity index is 633. The van der Waals surface area contributed by atoms with Gasteiger partial charge in [-0.15, -0.1) is 0 Å². The summed E-state index contributed by atoms with van der Waals surface area (Å²) in [7, 11) is 1.60. The minimum Gasteiger partial charge on any atom is -0.394 e. The van der Waals surface area contributed by atoms with Gasteiger partial charge in [-0.1, -0.05) is 60.7 Å². The summed E-state index contributed by atoms with van der Waals surface area (Å²) in [6, 6.07) is 19.9. The Hall–Kier alpha value is -1.76. The highest BCUT2D eigenvalue weighted by Gasteiger charge is 2.40. The number of methoxy groups -OCH3 is 1. The van der Waals surface area contributed by atoms with Crippen LogP contribution < -0.4 is 0 Å². The molecule has 0 unspecified atom stereocenters. The van der Waals surface area contributed by atoms with Crippen molar-refractivity contribution in [1.29, 1.82) is 0 Å². The molecule has 26 heavy (non-hydrogen) atoms. The van der Waals surface area contributed by atoms with E-state index in [4.69, 9.17) is 18.9 Å². The second-order valence-electron chi connectivity index (χ2n) is 6.35. The molecule has 0 spiro atoms. The van der Waals surface area contributed by atoms with Gasteiger partial charge >= 0.3 is 0 Å².